The molecule has 43 heavy (non-hydrogen) atoms. The summed E-state index contributed by atoms with van der Waals surface area (Å²) in [5.74, 6) is 0.206. The lowest BCUT2D eigenvalue weighted by molar-refractivity contribution is 0.184. The zero-order valence-corrected chi connectivity index (χ0v) is 25.1. The number of unbranched alkanes of at least 4 members (excludes halogenated alkanes) is 1. The zero-order valence-electron chi connectivity index (χ0n) is 24.3. The second kappa shape index (κ2) is 13.9. The van der Waals surface area contributed by atoms with Crippen LogP contribution in [-0.4, -0.2) is 39.8 Å². The smallest absolute Gasteiger partial charge is 0.268 e. The molecule has 224 valence electrons. The number of rotatable bonds is 14. The number of benzene rings is 4. The summed E-state index contributed by atoms with van der Waals surface area (Å²) in [6.07, 6.45) is 3.14. The van der Waals surface area contributed by atoms with Crippen molar-refractivity contribution in [2.24, 2.45) is 0 Å². The van der Waals surface area contributed by atoms with Crippen LogP contribution in [0, 0.1) is 5.82 Å². The summed E-state index contributed by atoms with van der Waals surface area (Å²) in [7, 11) is -0.665. The van der Waals surface area contributed by atoms with Crippen LogP contribution in [0.5, 0.6) is 11.5 Å². The van der Waals surface area contributed by atoms with Crippen molar-refractivity contribution >= 4 is 20.8 Å². The van der Waals surface area contributed by atoms with Crippen molar-refractivity contribution in [1.29, 1.82) is 0 Å². The molecule has 0 aliphatic carbocycles. The number of ether oxygens (including phenoxy) is 3. The van der Waals surface area contributed by atoms with Crippen LogP contribution in [0.25, 0.3) is 22.0 Å². The minimum absolute atomic E-state index is 0.0468. The van der Waals surface area contributed by atoms with Crippen molar-refractivity contribution in [3.05, 3.63) is 114 Å². The van der Waals surface area contributed by atoms with Gasteiger partial charge in [-0.15, -0.1) is 0 Å². The molecule has 0 atom stereocenters. The number of methoxy groups -OCH3 is 1. The molecule has 0 amide bonds. The summed E-state index contributed by atoms with van der Waals surface area (Å²) < 4.78 is 61.2. The summed E-state index contributed by atoms with van der Waals surface area (Å²) in [6.45, 7) is 1.76. The summed E-state index contributed by atoms with van der Waals surface area (Å²) >= 11 is 0. The third-order valence-corrected chi connectivity index (χ3v) is 8.70. The first-order valence-corrected chi connectivity index (χ1v) is 15.6. The minimum Gasteiger partial charge on any atom is -0.494 e. The maximum atomic E-state index is 15.6. The summed E-state index contributed by atoms with van der Waals surface area (Å²) in [5, 5.41) is 5.26. The molecular weight excluding hydrogens is 567 g/mol. The molecule has 1 N–H and O–H groups in total. The van der Waals surface area contributed by atoms with Crippen molar-refractivity contribution < 1.29 is 27.0 Å². The Morgan fingerprint density at radius 2 is 1.58 bits per heavy atom. The summed E-state index contributed by atoms with van der Waals surface area (Å²) in [6, 6.07) is 26.6. The fourth-order valence-corrected chi connectivity index (χ4v) is 6.28. The van der Waals surface area contributed by atoms with E-state index in [0.717, 1.165) is 33.1 Å². The number of halogens is 1. The summed E-state index contributed by atoms with van der Waals surface area (Å²) in [4.78, 5) is 0.0468. The van der Waals surface area contributed by atoms with Crippen molar-refractivity contribution in [2.45, 2.75) is 30.9 Å². The molecule has 0 aliphatic heterocycles. The van der Waals surface area contributed by atoms with Gasteiger partial charge < -0.3 is 19.5 Å². The van der Waals surface area contributed by atoms with E-state index in [2.05, 4.69) is 5.32 Å². The predicted octanol–water partition coefficient (Wildman–Crippen LogP) is 6.79. The fraction of sp³-hybridized carbons (Fsp3) is 0.235. The molecule has 1 aromatic heterocycles. The van der Waals surface area contributed by atoms with Crippen LogP contribution in [0.4, 0.5) is 4.39 Å². The van der Waals surface area contributed by atoms with Crippen LogP contribution in [0.1, 0.15) is 24.0 Å². The molecule has 0 saturated heterocycles. The molecule has 0 radical (unpaired) electrons. The van der Waals surface area contributed by atoms with Gasteiger partial charge >= 0.3 is 0 Å². The van der Waals surface area contributed by atoms with Crippen LogP contribution >= 0.6 is 0 Å². The van der Waals surface area contributed by atoms with Crippen molar-refractivity contribution in [3.63, 3.8) is 0 Å². The highest BCUT2D eigenvalue weighted by Gasteiger charge is 2.24. The van der Waals surface area contributed by atoms with E-state index in [1.54, 1.807) is 44.5 Å². The molecule has 0 spiro atoms. The van der Waals surface area contributed by atoms with Crippen molar-refractivity contribution in [3.8, 4) is 22.8 Å². The van der Waals surface area contributed by atoms with Gasteiger partial charge in [0.15, 0.2) is 0 Å². The first kappa shape index (κ1) is 30.3. The van der Waals surface area contributed by atoms with E-state index in [0.29, 0.717) is 36.8 Å². The Morgan fingerprint density at radius 3 is 2.37 bits per heavy atom. The lowest BCUT2D eigenvalue weighted by atomic mass is 10.1. The van der Waals surface area contributed by atoms with Crippen LogP contribution in [0.3, 0.4) is 0 Å². The predicted molar refractivity (Wildman–Crippen MR) is 167 cm³/mol. The number of hydrogen-bond donors (Lipinski definition) is 1. The molecule has 5 rings (SSSR count). The lowest BCUT2D eigenvalue weighted by Gasteiger charge is -2.14. The maximum Gasteiger partial charge on any atom is 0.268 e. The molecule has 5 aromatic rings. The van der Waals surface area contributed by atoms with Crippen LogP contribution in [0.15, 0.2) is 102 Å². The van der Waals surface area contributed by atoms with E-state index in [1.165, 1.54) is 24.4 Å². The molecule has 0 unspecified atom stereocenters. The molecule has 4 aromatic carbocycles. The Morgan fingerprint density at radius 1 is 0.791 bits per heavy atom. The van der Waals surface area contributed by atoms with E-state index in [9.17, 15) is 8.42 Å². The molecule has 1 heterocycles. The second-order valence-electron chi connectivity index (χ2n) is 10.2. The zero-order chi connectivity index (χ0) is 30.2. The van der Waals surface area contributed by atoms with Gasteiger partial charge in [-0.1, -0.05) is 42.5 Å². The molecule has 0 aliphatic rings. The van der Waals surface area contributed by atoms with Gasteiger partial charge in [-0.2, -0.15) is 0 Å². The first-order chi connectivity index (χ1) is 20.9. The van der Waals surface area contributed by atoms with Gasteiger partial charge in [-0.25, -0.2) is 16.8 Å². The number of aromatic nitrogens is 1. The number of nitrogens with zero attached hydrogens (tertiary/aromatic N) is 1. The van der Waals surface area contributed by atoms with E-state index in [4.69, 9.17) is 14.2 Å². The number of fused-ring (bicyclic) bond motifs is 1. The van der Waals surface area contributed by atoms with E-state index < -0.39 is 15.8 Å². The van der Waals surface area contributed by atoms with Gasteiger partial charge in [-0.05, 0) is 78.2 Å². The topological polar surface area (TPSA) is 78.8 Å². The van der Waals surface area contributed by atoms with E-state index in [1.807, 2.05) is 42.5 Å². The molecule has 9 heteroatoms. The standard InChI is InChI=1S/C34H35FN2O5S/c1-36-22-26-19-34(37(23-26)43(38,39)31-11-7-10-29(20-31)41-17-6-5-16-40-2)32-15-14-30(21-33(32)35)42-24-25-12-13-27-8-3-4-9-28(27)18-25/h3-4,7-15,18-21,23,36H,5-6,16-17,22,24H2,1-2H3. The Bertz CT molecular complexity index is 1800. The Kier molecular flexibility index (Phi) is 9.76. The Hall–Kier alpha value is -4.18. The SMILES string of the molecule is CNCc1cc(-c2ccc(OCc3ccc4ccccc4c3)cc2F)n(S(=O)(=O)c2cccc(OCCCCOC)c2)c1. The van der Waals surface area contributed by atoms with Crippen molar-refractivity contribution in [1.82, 2.24) is 9.29 Å². The maximum absolute atomic E-state index is 15.6. The minimum atomic E-state index is -4.08. The van der Waals surface area contributed by atoms with Gasteiger partial charge in [0.25, 0.3) is 10.0 Å². The third-order valence-electron chi connectivity index (χ3n) is 7.03. The average Bonchev–Trinajstić information content (AvgIpc) is 3.44. The largest absolute Gasteiger partial charge is 0.494 e. The van der Waals surface area contributed by atoms with Gasteiger partial charge in [0.2, 0.25) is 0 Å². The molecule has 7 nitrogen and oxygen atoms in total. The van der Waals surface area contributed by atoms with Gasteiger partial charge in [0.05, 0.1) is 17.2 Å². The summed E-state index contributed by atoms with van der Waals surface area (Å²) in [5.41, 5.74) is 2.02. The third kappa shape index (κ3) is 7.25. The highest BCUT2D eigenvalue weighted by atomic mass is 32.2. The number of nitrogens with one attached hydrogen (secondary N) is 1. The fourth-order valence-electron chi connectivity index (χ4n) is 4.86. The number of hydrogen-bond acceptors (Lipinski definition) is 6. The van der Waals surface area contributed by atoms with Gasteiger partial charge in [-0.3, -0.25) is 0 Å². The Labute approximate surface area is 251 Å². The van der Waals surface area contributed by atoms with E-state index in [-0.39, 0.29) is 22.8 Å². The Balaban J connectivity index is 1.38. The van der Waals surface area contributed by atoms with Crippen LogP contribution < -0.4 is 14.8 Å². The highest BCUT2D eigenvalue weighted by Crippen LogP contribution is 2.32. The molecule has 0 fully saturated rings. The monoisotopic (exact) mass is 602 g/mol. The first-order valence-electron chi connectivity index (χ1n) is 14.1. The van der Waals surface area contributed by atoms with Gasteiger partial charge in [0, 0.05) is 44.2 Å². The highest BCUT2D eigenvalue weighted by molar-refractivity contribution is 7.90. The van der Waals surface area contributed by atoms with Crippen molar-refractivity contribution in [2.75, 3.05) is 27.4 Å². The molecule has 0 bridgehead atoms. The van der Waals surface area contributed by atoms with E-state index >= 15 is 4.39 Å². The van der Waals surface area contributed by atoms with Gasteiger partial charge in [0.1, 0.15) is 23.9 Å². The second-order valence-corrected chi connectivity index (χ2v) is 12.0. The quantitative estimate of drug-likeness (QED) is 0.141. The molecule has 0 saturated carbocycles. The molecular formula is C34H35FN2O5S. The normalized spacial score (nSPS) is 11.6. The van der Waals surface area contributed by atoms with Crippen LogP contribution in [-0.2, 0) is 27.9 Å². The van der Waals surface area contributed by atoms with Crippen LogP contribution in [0.2, 0.25) is 0 Å². The lowest BCUT2D eigenvalue weighted by Crippen LogP contribution is -2.14. The average molecular weight is 603 g/mol.